The number of fused-ring (bicyclic) bond motifs is 1. The van der Waals surface area contributed by atoms with Crippen LogP contribution in [0.4, 0.5) is 0 Å². The third kappa shape index (κ3) is 2.01. The minimum Gasteiger partial charge on any atom is -0.507 e. The fourth-order valence-corrected chi connectivity index (χ4v) is 1.86. The zero-order valence-corrected chi connectivity index (χ0v) is 10.2. The van der Waals surface area contributed by atoms with Crippen LogP contribution in [0.25, 0.3) is 10.9 Å². The van der Waals surface area contributed by atoms with Gasteiger partial charge in [0.15, 0.2) is 5.69 Å². The number of nitrogens with zero attached hydrogens (tertiary/aromatic N) is 1. The number of hydrogen-bond acceptors (Lipinski definition) is 4. The maximum absolute atomic E-state index is 11.3. The van der Waals surface area contributed by atoms with Gasteiger partial charge in [-0.1, -0.05) is 23.2 Å². The average Bonchev–Trinajstić information content (AvgIpc) is 2.32. The molecule has 2 rings (SSSR count). The van der Waals surface area contributed by atoms with Crippen LogP contribution in [0, 0.1) is 0 Å². The normalized spacial score (nSPS) is 10.5. The molecule has 1 heterocycles. The highest BCUT2D eigenvalue weighted by Gasteiger charge is 2.15. The zero-order valence-electron chi connectivity index (χ0n) is 8.70. The molecule has 0 radical (unpaired) electrons. The summed E-state index contributed by atoms with van der Waals surface area (Å²) in [5.74, 6) is -0.795. The van der Waals surface area contributed by atoms with E-state index in [1.54, 1.807) is 12.1 Å². The van der Waals surface area contributed by atoms with Crippen LogP contribution in [0.3, 0.4) is 0 Å². The van der Waals surface area contributed by atoms with E-state index in [0.29, 0.717) is 15.9 Å². The van der Waals surface area contributed by atoms with Crippen molar-refractivity contribution < 1.29 is 14.6 Å². The summed E-state index contributed by atoms with van der Waals surface area (Å²) in [6.07, 6.45) is 0. The van der Waals surface area contributed by atoms with Gasteiger partial charge in [0.25, 0.3) is 0 Å². The summed E-state index contributed by atoms with van der Waals surface area (Å²) in [7, 11) is 1.24. The van der Waals surface area contributed by atoms with Crippen molar-refractivity contribution in [2.75, 3.05) is 7.11 Å². The molecule has 1 aromatic heterocycles. The molecule has 2 aromatic rings. The standard InChI is InChI=1S/C11H7Cl2NO3/c1-17-11(16)7-4-8(15)9-6(14-7)3-2-5(12)10(9)13/h2-4H,1H3,(H,14,15). The molecule has 0 saturated heterocycles. The zero-order chi connectivity index (χ0) is 12.6. The number of esters is 1. The molecular formula is C11H7Cl2NO3. The predicted octanol–water partition coefficient (Wildman–Crippen LogP) is 3.03. The van der Waals surface area contributed by atoms with E-state index >= 15 is 0 Å². The van der Waals surface area contributed by atoms with Crippen molar-refractivity contribution in [1.82, 2.24) is 4.98 Å². The van der Waals surface area contributed by atoms with Crippen molar-refractivity contribution in [3.8, 4) is 5.75 Å². The highest BCUT2D eigenvalue weighted by molar-refractivity contribution is 6.45. The molecule has 0 atom stereocenters. The van der Waals surface area contributed by atoms with Gasteiger partial charge in [-0.2, -0.15) is 0 Å². The maximum atomic E-state index is 11.3. The molecule has 0 spiro atoms. The molecule has 0 unspecified atom stereocenters. The second kappa shape index (κ2) is 4.39. The van der Waals surface area contributed by atoms with Gasteiger partial charge in [-0.3, -0.25) is 0 Å². The number of pyridine rings is 1. The van der Waals surface area contributed by atoms with Crippen LogP contribution in [0.1, 0.15) is 10.5 Å². The monoisotopic (exact) mass is 271 g/mol. The lowest BCUT2D eigenvalue weighted by atomic mass is 10.2. The summed E-state index contributed by atoms with van der Waals surface area (Å²) in [5.41, 5.74) is 0.385. The number of rotatable bonds is 1. The Morgan fingerprint density at radius 2 is 2.12 bits per heavy atom. The summed E-state index contributed by atoms with van der Waals surface area (Å²) in [5, 5.41) is 10.6. The van der Waals surface area contributed by atoms with Crippen molar-refractivity contribution in [2.45, 2.75) is 0 Å². The van der Waals surface area contributed by atoms with Crippen molar-refractivity contribution in [3.63, 3.8) is 0 Å². The molecule has 0 bridgehead atoms. The molecule has 1 aromatic carbocycles. The third-order valence-corrected chi connectivity index (χ3v) is 3.04. The van der Waals surface area contributed by atoms with Gasteiger partial charge in [-0.25, -0.2) is 9.78 Å². The van der Waals surface area contributed by atoms with Crippen LogP contribution >= 0.6 is 23.2 Å². The first-order chi connectivity index (χ1) is 8.04. The van der Waals surface area contributed by atoms with Crippen LogP contribution in [0.15, 0.2) is 18.2 Å². The second-order valence-corrected chi connectivity index (χ2v) is 4.06. The molecule has 1 N–H and O–H groups in total. The van der Waals surface area contributed by atoms with E-state index in [2.05, 4.69) is 9.72 Å². The quantitative estimate of drug-likeness (QED) is 0.810. The van der Waals surface area contributed by atoms with Crippen molar-refractivity contribution >= 4 is 40.1 Å². The second-order valence-electron chi connectivity index (χ2n) is 3.27. The van der Waals surface area contributed by atoms with Crippen molar-refractivity contribution in [2.24, 2.45) is 0 Å². The van der Waals surface area contributed by atoms with Gasteiger partial charge in [0.05, 0.1) is 28.1 Å². The number of hydrogen-bond donors (Lipinski definition) is 1. The van der Waals surface area contributed by atoms with Crippen LogP contribution < -0.4 is 0 Å². The average molecular weight is 272 g/mol. The SMILES string of the molecule is COC(=O)c1cc(O)c2c(Cl)c(Cl)ccc2n1. The summed E-state index contributed by atoms with van der Waals surface area (Å²) in [4.78, 5) is 15.3. The van der Waals surface area contributed by atoms with Crippen LogP contribution in [-0.4, -0.2) is 23.2 Å². The van der Waals surface area contributed by atoms with Gasteiger partial charge < -0.3 is 9.84 Å². The lowest BCUT2D eigenvalue weighted by Crippen LogP contribution is -2.04. The Morgan fingerprint density at radius 3 is 2.76 bits per heavy atom. The minimum atomic E-state index is -0.631. The number of carbonyl (C=O) groups is 1. The Morgan fingerprint density at radius 1 is 1.41 bits per heavy atom. The van der Waals surface area contributed by atoms with E-state index < -0.39 is 5.97 Å². The van der Waals surface area contributed by atoms with Crippen LogP contribution in [-0.2, 0) is 4.74 Å². The summed E-state index contributed by atoms with van der Waals surface area (Å²) >= 11 is 11.8. The maximum Gasteiger partial charge on any atom is 0.356 e. The molecule has 0 aliphatic carbocycles. The van der Waals surface area contributed by atoms with E-state index in [4.69, 9.17) is 23.2 Å². The van der Waals surface area contributed by atoms with Gasteiger partial charge >= 0.3 is 5.97 Å². The number of aromatic hydroxyl groups is 1. The van der Waals surface area contributed by atoms with E-state index in [9.17, 15) is 9.90 Å². The van der Waals surface area contributed by atoms with E-state index in [1.807, 2.05) is 0 Å². The molecule has 6 heteroatoms. The van der Waals surface area contributed by atoms with E-state index in [0.717, 1.165) is 0 Å². The van der Waals surface area contributed by atoms with Gasteiger partial charge in [-0.15, -0.1) is 0 Å². The molecule has 0 fully saturated rings. The van der Waals surface area contributed by atoms with Crippen molar-refractivity contribution in [3.05, 3.63) is 33.9 Å². The number of carbonyl (C=O) groups excluding carboxylic acids is 1. The number of halogens is 2. The predicted molar refractivity (Wildman–Crippen MR) is 64.8 cm³/mol. The van der Waals surface area contributed by atoms with Gasteiger partial charge in [-0.05, 0) is 12.1 Å². The fraction of sp³-hybridized carbons (Fsp3) is 0.0909. The van der Waals surface area contributed by atoms with E-state index in [1.165, 1.54) is 13.2 Å². The Bertz CT molecular complexity index is 613. The molecule has 0 aliphatic rings. The highest BCUT2D eigenvalue weighted by Crippen LogP contribution is 2.35. The largest absolute Gasteiger partial charge is 0.507 e. The minimum absolute atomic E-state index is 0.0101. The molecule has 0 aliphatic heterocycles. The molecule has 4 nitrogen and oxygen atoms in total. The molecule has 88 valence electrons. The Balaban J connectivity index is 2.76. The van der Waals surface area contributed by atoms with Crippen LogP contribution in [0.5, 0.6) is 5.75 Å². The Hall–Kier alpha value is -1.52. The first-order valence-corrected chi connectivity index (χ1v) is 5.36. The molecule has 17 heavy (non-hydrogen) atoms. The topological polar surface area (TPSA) is 59.4 Å². The Kier molecular flexibility index (Phi) is 3.09. The smallest absolute Gasteiger partial charge is 0.356 e. The van der Waals surface area contributed by atoms with E-state index in [-0.39, 0.29) is 16.5 Å². The van der Waals surface area contributed by atoms with Gasteiger partial charge in [0, 0.05) is 6.07 Å². The summed E-state index contributed by atoms with van der Waals surface area (Å²) in [6, 6.07) is 4.30. The summed E-state index contributed by atoms with van der Waals surface area (Å²) < 4.78 is 4.52. The number of aromatic nitrogens is 1. The number of ether oxygens (including phenoxy) is 1. The fourth-order valence-electron chi connectivity index (χ4n) is 1.45. The third-order valence-electron chi connectivity index (χ3n) is 2.24. The van der Waals surface area contributed by atoms with Gasteiger partial charge in [0.2, 0.25) is 0 Å². The molecular weight excluding hydrogens is 265 g/mol. The number of benzene rings is 1. The number of methoxy groups -OCH3 is 1. The lowest BCUT2D eigenvalue weighted by molar-refractivity contribution is 0.0594. The van der Waals surface area contributed by atoms with Gasteiger partial charge in [0.1, 0.15) is 5.75 Å². The van der Waals surface area contributed by atoms with Crippen molar-refractivity contribution in [1.29, 1.82) is 0 Å². The molecule has 0 amide bonds. The van der Waals surface area contributed by atoms with Crippen LogP contribution in [0.2, 0.25) is 10.0 Å². The first kappa shape index (κ1) is 12.0. The first-order valence-electron chi connectivity index (χ1n) is 4.60. The highest BCUT2D eigenvalue weighted by atomic mass is 35.5. The Labute approximate surface area is 107 Å². The summed E-state index contributed by atoms with van der Waals surface area (Å²) in [6.45, 7) is 0. The lowest BCUT2D eigenvalue weighted by Gasteiger charge is -2.06. The molecule has 0 saturated carbocycles.